The number of carbonyl (C=O) groups is 2. The number of halogens is 2. The van der Waals surface area contributed by atoms with Crippen molar-refractivity contribution in [3.05, 3.63) is 113 Å². The first kappa shape index (κ1) is 25.5. The van der Waals surface area contributed by atoms with Gasteiger partial charge in [-0.3, -0.25) is 14.5 Å². The fourth-order valence-corrected chi connectivity index (χ4v) is 4.89. The van der Waals surface area contributed by atoms with Gasteiger partial charge in [0.1, 0.15) is 24.2 Å². The Morgan fingerprint density at radius 1 is 0.947 bits per heavy atom. The zero-order chi connectivity index (χ0) is 26.8. The highest BCUT2D eigenvalue weighted by Crippen LogP contribution is 2.42. The lowest BCUT2D eigenvalue weighted by molar-refractivity contribution is -0.138. The Labute approximate surface area is 225 Å². The van der Waals surface area contributed by atoms with Gasteiger partial charge in [-0.05, 0) is 80.1 Å². The lowest BCUT2D eigenvalue weighted by Crippen LogP contribution is -2.49. The van der Waals surface area contributed by atoms with Gasteiger partial charge in [0.05, 0.1) is 17.1 Å². The number of rotatable bonds is 7. The predicted octanol–water partition coefficient (Wildman–Crippen LogP) is 6.02. The van der Waals surface area contributed by atoms with Gasteiger partial charge >= 0.3 is 0 Å². The zero-order valence-corrected chi connectivity index (χ0v) is 21.8. The number of aromatic nitrogens is 1. The number of ether oxygens (including phenoxy) is 1. The molecule has 1 atom stereocenters. The summed E-state index contributed by atoms with van der Waals surface area (Å²) in [6.45, 7) is 3.36. The van der Waals surface area contributed by atoms with Crippen LogP contribution in [0.4, 0.5) is 10.1 Å². The molecule has 1 aliphatic rings. The van der Waals surface area contributed by atoms with Crippen LogP contribution in [0.15, 0.2) is 91.1 Å². The molecule has 5 rings (SSSR count). The van der Waals surface area contributed by atoms with E-state index in [9.17, 15) is 14.0 Å². The van der Waals surface area contributed by atoms with Gasteiger partial charge < -0.3 is 14.2 Å². The molecule has 4 aromatic rings. The molecule has 1 unspecified atom stereocenters. The summed E-state index contributed by atoms with van der Waals surface area (Å²) in [4.78, 5) is 30.5. The van der Waals surface area contributed by atoms with Crippen LogP contribution in [0.25, 0.3) is 5.69 Å². The number of nitrogens with zero attached hydrogens (tertiary/aromatic N) is 3. The van der Waals surface area contributed by atoms with Crippen molar-refractivity contribution in [3.63, 3.8) is 0 Å². The Morgan fingerprint density at radius 2 is 1.63 bits per heavy atom. The second kappa shape index (κ2) is 10.7. The largest absolute Gasteiger partial charge is 0.484 e. The van der Waals surface area contributed by atoms with Crippen LogP contribution in [0.1, 0.15) is 31.1 Å². The van der Waals surface area contributed by atoms with E-state index in [0.29, 0.717) is 16.5 Å². The van der Waals surface area contributed by atoms with Crippen molar-refractivity contribution in [2.75, 3.05) is 18.1 Å². The number of hydrogen-bond acceptors (Lipinski definition) is 3. The van der Waals surface area contributed by atoms with Crippen molar-refractivity contribution in [1.29, 1.82) is 0 Å². The fraction of sp³-hybridized carbons (Fsp3) is 0.200. The number of hydrogen-bond donors (Lipinski definition) is 0. The summed E-state index contributed by atoms with van der Waals surface area (Å²) in [5.74, 6) is -0.404. The molecule has 2 amide bonds. The van der Waals surface area contributed by atoms with Gasteiger partial charge in [-0.25, -0.2) is 4.39 Å². The van der Waals surface area contributed by atoms with Crippen molar-refractivity contribution < 1.29 is 18.7 Å². The summed E-state index contributed by atoms with van der Waals surface area (Å²) in [6, 6.07) is 23.7. The molecule has 0 aliphatic carbocycles. The number of fused-ring (bicyclic) bond motifs is 3. The maximum Gasteiger partial charge on any atom is 0.261 e. The van der Waals surface area contributed by atoms with Gasteiger partial charge in [-0.15, -0.1) is 0 Å². The average molecular weight is 532 g/mol. The molecule has 0 N–H and O–H groups in total. The summed E-state index contributed by atoms with van der Waals surface area (Å²) in [5.41, 5.74) is 3.21. The van der Waals surface area contributed by atoms with E-state index in [1.807, 2.05) is 61.0 Å². The second-order valence-electron chi connectivity index (χ2n) is 9.37. The summed E-state index contributed by atoms with van der Waals surface area (Å²) in [7, 11) is 0. The Balaban J connectivity index is 1.45. The Morgan fingerprint density at radius 3 is 2.32 bits per heavy atom. The van der Waals surface area contributed by atoms with E-state index in [-0.39, 0.29) is 36.8 Å². The second-order valence-corrected chi connectivity index (χ2v) is 9.80. The van der Waals surface area contributed by atoms with E-state index in [1.54, 1.807) is 41.3 Å². The van der Waals surface area contributed by atoms with Gasteiger partial charge in [-0.1, -0.05) is 35.9 Å². The van der Waals surface area contributed by atoms with E-state index >= 15 is 0 Å². The highest BCUT2D eigenvalue weighted by atomic mass is 35.5. The normalized spacial score (nSPS) is 14.1. The topological polar surface area (TPSA) is 54.8 Å². The van der Waals surface area contributed by atoms with E-state index in [0.717, 1.165) is 16.9 Å². The van der Waals surface area contributed by atoms with E-state index < -0.39 is 6.04 Å². The highest BCUT2D eigenvalue weighted by Gasteiger charge is 2.37. The molecule has 3 aromatic carbocycles. The first-order valence-electron chi connectivity index (χ1n) is 12.4. The first-order chi connectivity index (χ1) is 18.3. The maximum absolute atomic E-state index is 14.1. The van der Waals surface area contributed by atoms with Gasteiger partial charge in [0.15, 0.2) is 6.61 Å². The summed E-state index contributed by atoms with van der Waals surface area (Å²) >= 11 is 5.93. The SMILES string of the molecule is CC(C)N(CC(=O)N1c2ccccc2-n2cccc2C1c1ccc(F)cc1)C(=O)COc1ccc(Cl)cc1. The molecule has 0 radical (unpaired) electrons. The zero-order valence-electron chi connectivity index (χ0n) is 21.1. The quantitative estimate of drug-likeness (QED) is 0.293. The maximum atomic E-state index is 14.1. The van der Waals surface area contributed by atoms with Crippen LogP contribution in [0, 0.1) is 5.82 Å². The van der Waals surface area contributed by atoms with E-state index in [2.05, 4.69) is 0 Å². The molecule has 0 fully saturated rings. The third-order valence-electron chi connectivity index (χ3n) is 6.60. The van der Waals surface area contributed by atoms with Gasteiger partial charge in [0.25, 0.3) is 5.91 Å². The molecule has 1 aliphatic heterocycles. The van der Waals surface area contributed by atoms with Crippen LogP contribution in [-0.4, -0.2) is 40.5 Å². The van der Waals surface area contributed by atoms with Crippen LogP contribution in [0.5, 0.6) is 5.75 Å². The van der Waals surface area contributed by atoms with Crippen LogP contribution < -0.4 is 9.64 Å². The molecule has 0 saturated carbocycles. The molecule has 8 heteroatoms. The number of benzene rings is 3. The third-order valence-corrected chi connectivity index (χ3v) is 6.85. The number of amides is 2. The first-order valence-corrected chi connectivity index (χ1v) is 12.7. The Kier molecular flexibility index (Phi) is 7.20. The lowest BCUT2D eigenvalue weighted by atomic mass is 9.97. The molecule has 1 aromatic heterocycles. The average Bonchev–Trinajstić information content (AvgIpc) is 3.41. The highest BCUT2D eigenvalue weighted by molar-refractivity contribution is 6.30. The van der Waals surface area contributed by atoms with E-state index in [4.69, 9.17) is 16.3 Å². The molecule has 6 nitrogen and oxygen atoms in total. The minimum atomic E-state index is -0.498. The molecule has 0 spiro atoms. The van der Waals surface area contributed by atoms with Gasteiger partial charge in [0, 0.05) is 17.3 Å². The smallest absolute Gasteiger partial charge is 0.261 e. The molecule has 2 heterocycles. The summed E-state index contributed by atoms with van der Waals surface area (Å²) in [6.07, 6.45) is 1.95. The Bertz CT molecular complexity index is 1450. The lowest BCUT2D eigenvalue weighted by Gasteiger charge is -2.40. The van der Waals surface area contributed by atoms with Crippen molar-refractivity contribution in [2.45, 2.75) is 25.9 Å². The van der Waals surface area contributed by atoms with Crippen molar-refractivity contribution in [3.8, 4) is 11.4 Å². The summed E-state index contributed by atoms with van der Waals surface area (Å²) < 4.78 is 21.5. The third kappa shape index (κ3) is 5.02. The van der Waals surface area contributed by atoms with Crippen LogP contribution >= 0.6 is 11.6 Å². The van der Waals surface area contributed by atoms with Crippen LogP contribution in [0.3, 0.4) is 0 Å². The van der Waals surface area contributed by atoms with Crippen LogP contribution in [-0.2, 0) is 9.59 Å². The molecule has 0 saturated heterocycles. The molecular formula is C30H27ClFN3O3. The van der Waals surface area contributed by atoms with Crippen LogP contribution in [0.2, 0.25) is 5.02 Å². The predicted molar refractivity (Wildman–Crippen MR) is 145 cm³/mol. The Hall–Kier alpha value is -4.10. The molecule has 194 valence electrons. The number of para-hydroxylation sites is 2. The van der Waals surface area contributed by atoms with E-state index in [1.165, 1.54) is 17.0 Å². The fourth-order valence-electron chi connectivity index (χ4n) is 4.76. The number of anilines is 1. The van der Waals surface area contributed by atoms with Crippen molar-refractivity contribution in [1.82, 2.24) is 9.47 Å². The molecular weight excluding hydrogens is 505 g/mol. The molecule has 0 bridgehead atoms. The minimum Gasteiger partial charge on any atom is -0.484 e. The monoisotopic (exact) mass is 531 g/mol. The van der Waals surface area contributed by atoms with Crippen molar-refractivity contribution >= 4 is 29.1 Å². The minimum absolute atomic E-state index is 0.146. The van der Waals surface area contributed by atoms with Gasteiger partial charge in [-0.2, -0.15) is 0 Å². The standard InChI is InChI=1S/C30H27ClFN3O3/c1-20(2)34(29(37)19-38-24-15-11-22(31)12-16-24)18-28(36)35-26-7-4-3-6-25(26)33-17-5-8-27(33)30(35)21-9-13-23(32)14-10-21/h3-17,20,30H,18-19H2,1-2H3. The van der Waals surface area contributed by atoms with Gasteiger partial charge in [0.2, 0.25) is 5.91 Å². The summed E-state index contributed by atoms with van der Waals surface area (Å²) in [5, 5.41) is 0.571. The van der Waals surface area contributed by atoms with Crippen molar-refractivity contribution in [2.24, 2.45) is 0 Å². The molecule has 38 heavy (non-hydrogen) atoms. The number of carbonyl (C=O) groups excluding carboxylic acids is 2.